The first-order chi connectivity index (χ1) is 13.9. The monoisotopic (exact) mass is 463 g/mol. The predicted octanol–water partition coefficient (Wildman–Crippen LogP) is 1.98. The number of piperazine rings is 1. The molecule has 8 nitrogen and oxygen atoms in total. The van der Waals surface area contributed by atoms with Gasteiger partial charge in [0.15, 0.2) is 5.65 Å². The van der Waals surface area contributed by atoms with Crippen LogP contribution in [0.3, 0.4) is 0 Å². The third kappa shape index (κ3) is 4.24. The molecule has 2 aliphatic rings. The van der Waals surface area contributed by atoms with E-state index >= 15 is 0 Å². The molecule has 9 heteroatoms. The second kappa shape index (κ2) is 8.30. The van der Waals surface area contributed by atoms with Crippen LogP contribution in [0.4, 0.5) is 0 Å². The highest BCUT2D eigenvalue weighted by atomic mass is 79.9. The maximum atomic E-state index is 12.9. The Bertz CT molecular complexity index is 968. The highest BCUT2D eigenvalue weighted by Gasteiger charge is 2.31. The number of hydrogen-bond donors (Lipinski definition) is 1. The lowest BCUT2D eigenvalue weighted by atomic mass is 9.81. The van der Waals surface area contributed by atoms with Crippen LogP contribution in [-0.2, 0) is 16.1 Å². The minimum Gasteiger partial charge on any atom is -0.339 e. The molecule has 2 aromatic heterocycles. The van der Waals surface area contributed by atoms with Crippen LogP contribution in [0.25, 0.3) is 11.2 Å². The molecule has 29 heavy (non-hydrogen) atoms. The Hall–Kier alpha value is -2.16. The summed E-state index contributed by atoms with van der Waals surface area (Å²) in [6.45, 7) is 4.71. The number of fused-ring (bicyclic) bond motifs is 1. The van der Waals surface area contributed by atoms with Gasteiger partial charge in [0.2, 0.25) is 11.8 Å². The van der Waals surface area contributed by atoms with Crippen LogP contribution in [0.1, 0.15) is 32.6 Å². The molecule has 2 amide bonds. The number of nitrogens with one attached hydrogen (secondary N) is 1. The van der Waals surface area contributed by atoms with Crippen LogP contribution in [0.15, 0.2) is 21.5 Å². The van der Waals surface area contributed by atoms with Crippen molar-refractivity contribution in [3.05, 3.63) is 27.2 Å². The van der Waals surface area contributed by atoms with E-state index in [0.717, 1.165) is 31.2 Å². The molecule has 1 aliphatic carbocycles. The second-order valence-corrected chi connectivity index (χ2v) is 8.91. The van der Waals surface area contributed by atoms with Gasteiger partial charge in [-0.15, -0.1) is 0 Å². The number of aromatic nitrogens is 3. The van der Waals surface area contributed by atoms with Crippen molar-refractivity contribution < 1.29 is 9.59 Å². The maximum Gasteiger partial charge on any atom is 0.327 e. The predicted molar refractivity (Wildman–Crippen MR) is 112 cm³/mol. The van der Waals surface area contributed by atoms with Gasteiger partial charge in [0, 0.05) is 45.6 Å². The molecular formula is C20H26BrN5O3. The fourth-order valence-corrected chi connectivity index (χ4v) is 4.83. The summed E-state index contributed by atoms with van der Waals surface area (Å²) in [6, 6.07) is 3.67. The zero-order chi connectivity index (χ0) is 20.5. The Kier molecular flexibility index (Phi) is 5.76. The summed E-state index contributed by atoms with van der Waals surface area (Å²) >= 11 is 3.37. The minimum absolute atomic E-state index is 0.0575. The number of carbonyl (C=O) groups is 2. The third-order valence-electron chi connectivity index (χ3n) is 6.26. The first-order valence-corrected chi connectivity index (χ1v) is 11.0. The summed E-state index contributed by atoms with van der Waals surface area (Å²) in [7, 11) is 0. The number of carbonyl (C=O) groups excluding carboxylic acids is 2. The zero-order valence-electron chi connectivity index (χ0n) is 16.6. The average Bonchev–Trinajstić information content (AvgIpc) is 3.03. The van der Waals surface area contributed by atoms with E-state index in [1.165, 1.54) is 0 Å². The van der Waals surface area contributed by atoms with Gasteiger partial charge >= 0.3 is 5.69 Å². The SMILES string of the molecule is CC(=O)N1CCN(C(=O)C2CCC(Cn3c(=O)[nH]c4ccc(Br)nc43)CC2)CC1. The van der Waals surface area contributed by atoms with E-state index in [1.54, 1.807) is 16.4 Å². The van der Waals surface area contributed by atoms with Crippen molar-refractivity contribution in [1.82, 2.24) is 24.3 Å². The molecule has 1 saturated carbocycles. The lowest BCUT2D eigenvalue weighted by Crippen LogP contribution is -2.51. The van der Waals surface area contributed by atoms with E-state index in [0.29, 0.717) is 48.9 Å². The molecule has 4 rings (SSSR count). The Morgan fingerprint density at radius 1 is 1.10 bits per heavy atom. The van der Waals surface area contributed by atoms with Crippen molar-refractivity contribution in [3.8, 4) is 0 Å². The summed E-state index contributed by atoms with van der Waals surface area (Å²) < 4.78 is 2.42. The Morgan fingerprint density at radius 2 is 1.76 bits per heavy atom. The van der Waals surface area contributed by atoms with Gasteiger partial charge in [0.1, 0.15) is 4.60 Å². The minimum atomic E-state index is -0.132. The molecule has 1 N–H and O–H groups in total. The van der Waals surface area contributed by atoms with Gasteiger partial charge in [-0.2, -0.15) is 0 Å². The van der Waals surface area contributed by atoms with Crippen molar-refractivity contribution in [1.29, 1.82) is 0 Å². The number of hydrogen-bond acceptors (Lipinski definition) is 4. The number of H-pyrrole nitrogens is 1. The molecule has 0 aromatic carbocycles. The average molecular weight is 464 g/mol. The maximum absolute atomic E-state index is 12.9. The summed E-state index contributed by atoms with van der Waals surface area (Å²) in [4.78, 5) is 47.7. The smallest absolute Gasteiger partial charge is 0.327 e. The van der Waals surface area contributed by atoms with Gasteiger partial charge in [-0.1, -0.05) is 0 Å². The van der Waals surface area contributed by atoms with Crippen molar-refractivity contribution in [3.63, 3.8) is 0 Å². The number of halogens is 1. The molecule has 0 unspecified atom stereocenters. The molecule has 2 fully saturated rings. The van der Waals surface area contributed by atoms with Crippen molar-refractivity contribution in [2.75, 3.05) is 26.2 Å². The molecule has 1 aliphatic heterocycles. The molecule has 3 heterocycles. The van der Waals surface area contributed by atoms with Crippen molar-refractivity contribution >= 4 is 38.9 Å². The molecule has 1 saturated heterocycles. The number of pyridine rings is 1. The van der Waals surface area contributed by atoms with Crippen LogP contribution in [0.5, 0.6) is 0 Å². The molecular weight excluding hydrogens is 438 g/mol. The molecule has 0 radical (unpaired) electrons. The molecule has 0 atom stereocenters. The highest BCUT2D eigenvalue weighted by Crippen LogP contribution is 2.31. The van der Waals surface area contributed by atoms with E-state index in [1.807, 2.05) is 17.0 Å². The molecule has 156 valence electrons. The Labute approximate surface area is 177 Å². The van der Waals surface area contributed by atoms with E-state index in [9.17, 15) is 14.4 Å². The first-order valence-electron chi connectivity index (χ1n) is 10.2. The lowest BCUT2D eigenvalue weighted by molar-refractivity contribution is -0.142. The van der Waals surface area contributed by atoms with E-state index in [-0.39, 0.29) is 23.4 Å². The van der Waals surface area contributed by atoms with Gasteiger partial charge in [-0.3, -0.25) is 14.2 Å². The summed E-state index contributed by atoms with van der Waals surface area (Å²) in [5.41, 5.74) is 1.28. The van der Waals surface area contributed by atoms with E-state index in [4.69, 9.17) is 0 Å². The normalized spacial score (nSPS) is 22.8. The van der Waals surface area contributed by atoms with Crippen LogP contribution in [0.2, 0.25) is 0 Å². The number of imidazole rings is 1. The number of nitrogens with zero attached hydrogens (tertiary/aromatic N) is 4. The fourth-order valence-electron chi connectivity index (χ4n) is 4.53. The van der Waals surface area contributed by atoms with E-state index in [2.05, 4.69) is 25.9 Å². The first kappa shape index (κ1) is 20.1. The largest absolute Gasteiger partial charge is 0.339 e. The molecule has 2 aromatic rings. The van der Waals surface area contributed by atoms with Gasteiger partial charge < -0.3 is 14.8 Å². The van der Waals surface area contributed by atoms with Crippen molar-refractivity contribution in [2.45, 2.75) is 39.2 Å². The number of aromatic amines is 1. The lowest BCUT2D eigenvalue weighted by Gasteiger charge is -2.37. The third-order valence-corrected chi connectivity index (χ3v) is 6.70. The van der Waals surface area contributed by atoms with Gasteiger partial charge in [0.25, 0.3) is 0 Å². The second-order valence-electron chi connectivity index (χ2n) is 8.09. The number of rotatable bonds is 3. The Balaban J connectivity index is 1.34. The zero-order valence-corrected chi connectivity index (χ0v) is 18.2. The van der Waals surface area contributed by atoms with Gasteiger partial charge in [0.05, 0.1) is 5.52 Å². The van der Waals surface area contributed by atoms with Gasteiger partial charge in [-0.25, -0.2) is 9.78 Å². The quantitative estimate of drug-likeness (QED) is 0.704. The van der Waals surface area contributed by atoms with Gasteiger partial charge in [-0.05, 0) is 59.7 Å². The Morgan fingerprint density at radius 3 is 2.41 bits per heavy atom. The van der Waals surface area contributed by atoms with Crippen LogP contribution in [-0.4, -0.2) is 62.3 Å². The van der Waals surface area contributed by atoms with Crippen LogP contribution < -0.4 is 5.69 Å². The molecule has 0 bridgehead atoms. The summed E-state index contributed by atoms with van der Waals surface area (Å²) in [6.07, 6.45) is 3.56. The topological polar surface area (TPSA) is 91.3 Å². The summed E-state index contributed by atoms with van der Waals surface area (Å²) in [5.74, 6) is 0.723. The van der Waals surface area contributed by atoms with Crippen LogP contribution >= 0.6 is 15.9 Å². The van der Waals surface area contributed by atoms with Crippen molar-refractivity contribution in [2.24, 2.45) is 11.8 Å². The standard InChI is InChI=1S/C20H26BrN5O3/c1-13(27)24-8-10-25(11-9-24)19(28)15-4-2-14(3-5-15)12-26-18-16(22-20(26)29)6-7-17(21)23-18/h6-7,14-15H,2-5,8-12H2,1H3,(H,22,29). The summed E-state index contributed by atoms with van der Waals surface area (Å²) in [5, 5.41) is 0. The van der Waals surface area contributed by atoms with E-state index < -0.39 is 0 Å². The van der Waals surface area contributed by atoms with Crippen LogP contribution in [0, 0.1) is 11.8 Å². The fraction of sp³-hybridized carbons (Fsp3) is 0.600. The number of amides is 2. The molecule has 0 spiro atoms. The highest BCUT2D eigenvalue weighted by molar-refractivity contribution is 9.10.